The van der Waals surface area contributed by atoms with Gasteiger partial charge in [0.05, 0.1) is 0 Å². The van der Waals surface area contributed by atoms with Gasteiger partial charge >= 0.3 is 0 Å². The lowest BCUT2D eigenvalue weighted by atomic mass is 10.0. The highest BCUT2D eigenvalue weighted by atomic mass is 28.3. The van der Waals surface area contributed by atoms with Gasteiger partial charge in [-0.15, -0.1) is 0 Å². The summed E-state index contributed by atoms with van der Waals surface area (Å²) in [4.78, 5) is 2.39. The molecule has 0 heterocycles. The largest absolute Gasteiger partial charge is 0.310 e. The molecule has 0 aromatic heterocycles. The zero-order valence-corrected chi connectivity index (χ0v) is 29.8. The molecule has 52 heavy (non-hydrogen) atoms. The predicted molar refractivity (Wildman–Crippen MR) is 225 cm³/mol. The molecule has 9 aromatic carbocycles. The van der Waals surface area contributed by atoms with Gasteiger partial charge in [0.25, 0.3) is 0 Å². The number of benzene rings is 9. The molecule has 0 saturated carbocycles. The molecule has 0 radical (unpaired) electrons. The van der Waals surface area contributed by atoms with Gasteiger partial charge in [0.1, 0.15) is 0 Å². The Bertz CT molecular complexity index is 2490. The second-order valence-electron chi connectivity index (χ2n) is 13.3. The number of hydrogen-bond acceptors (Lipinski definition) is 1. The first-order chi connectivity index (χ1) is 25.8. The number of anilines is 3. The van der Waals surface area contributed by atoms with Crippen LogP contribution in [0.3, 0.4) is 0 Å². The number of nitrogens with zero attached hydrogens (tertiary/aromatic N) is 1. The van der Waals surface area contributed by atoms with Gasteiger partial charge in [0.2, 0.25) is 0 Å². The molecule has 0 unspecified atom stereocenters. The van der Waals surface area contributed by atoms with Gasteiger partial charge < -0.3 is 4.90 Å². The molecule has 0 aliphatic rings. The van der Waals surface area contributed by atoms with Crippen LogP contribution in [0.2, 0.25) is 0 Å². The fraction of sp³-hybridized carbons (Fsp3) is 0. The lowest BCUT2D eigenvalue weighted by Crippen LogP contribution is -2.74. The third kappa shape index (κ3) is 5.60. The van der Waals surface area contributed by atoms with Gasteiger partial charge in [-0.3, -0.25) is 0 Å². The van der Waals surface area contributed by atoms with Crippen LogP contribution >= 0.6 is 0 Å². The number of fused-ring (bicyclic) bond motifs is 3. The molecule has 0 saturated heterocycles. The van der Waals surface area contributed by atoms with Crippen molar-refractivity contribution in [2.24, 2.45) is 0 Å². The zero-order valence-electron chi connectivity index (χ0n) is 28.8. The first-order valence-corrected chi connectivity index (χ1v) is 19.9. The molecule has 1 nitrogen and oxygen atoms in total. The Morgan fingerprint density at radius 1 is 0.269 bits per heavy atom. The zero-order chi connectivity index (χ0) is 34.7. The molecule has 0 aliphatic carbocycles. The molecule has 0 spiro atoms. The maximum absolute atomic E-state index is 2.64. The summed E-state index contributed by atoms with van der Waals surface area (Å²) in [5.41, 5.74) is 5.78. The Labute approximate surface area is 306 Å². The molecular formula is C50H37NSi. The van der Waals surface area contributed by atoms with Crippen molar-refractivity contribution in [2.75, 3.05) is 4.90 Å². The fourth-order valence-electron chi connectivity index (χ4n) is 7.95. The summed E-state index contributed by atoms with van der Waals surface area (Å²) in [6.07, 6.45) is 0. The van der Waals surface area contributed by atoms with Crippen molar-refractivity contribution in [1.82, 2.24) is 0 Å². The third-order valence-electron chi connectivity index (χ3n) is 10.4. The molecular weight excluding hydrogens is 643 g/mol. The number of rotatable bonds is 8. The molecule has 0 aliphatic heterocycles. The van der Waals surface area contributed by atoms with Crippen LogP contribution < -0.4 is 25.6 Å². The van der Waals surface area contributed by atoms with E-state index in [1.807, 2.05) is 0 Å². The smallest absolute Gasteiger partial charge is 0.179 e. The maximum Gasteiger partial charge on any atom is 0.179 e. The van der Waals surface area contributed by atoms with Gasteiger partial charge in [-0.25, -0.2) is 0 Å². The molecule has 0 amide bonds. The average molecular weight is 680 g/mol. The highest BCUT2D eigenvalue weighted by Gasteiger charge is 2.41. The van der Waals surface area contributed by atoms with Gasteiger partial charge in [-0.05, 0) is 89.8 Å². The first-order valence-electron chi connectivity index (χ1n) is 17.9. The summed E-state index contributed by atoms with van der Waals surface area (Å²) in [6, 6.07) is 82.3. The maximum atomic E-state index is 2.39. The Kier molecular flexibility index (Phi) is 8.28. The van der Waals surface area contributed by atoms with Crippen molar-refractivity contribution in [2.45, 2.75) is 0 Å². The van der Waals surface area contributed by atoms with Crippen molar-refractivity contribution in [1.29, 1.82) is 0 Å². The van der Waals surface area contributed by atoms with E-state index in [9.17, 15) is 0 Å². The second-order valence-corrected chi connectivity index (χ2v) is 17.1. The van der Waals surface area contributed by atoms with Gasteiger partial charge in [0, 0.05) is 17.1 Å². The van der Waals surface area contributed by atoms with Crippen LogP contribution in [0.15, 0.2) is 224 Å². The van der Waals surface area contributed by atoms with Gasteiger partial charge in [0.15, 0.2) is 8.07 Å². The molecule has 0 atom stereocenters. The topological polar surface area (TPSA) is 3.24 Å². The average Bonchev–Trinajstić information content (AvgIpc) is 3.23. The van der Waals surface area contributed by atoms with E-state index in [0.29, 0.717) is 0 Å². The summed E-state index contributed by atoms with van der Waals surface area (Å²) in [5, 5.41) is 10.5. The molecule has 246 valence electrons. The number of hydrogen-bond donors (Lipinski definition) is 0. The van der Waals surface area contributed by atoms with E-state index in [-0.39, 0.29) is 0 Å². The Balaban J connectivity index is 1.22. The minimum absolute atomic E-state index is 1.12. The lowest BCUT2D eigenvalue weighted by molar-refractivity contribution is 1.29. The van der Waals surface area contributed by atoms with Crippen LogP contribution in [0.5, 0.6) is 0 Å². The summed E-state index contributed by atoms with van der Waals surface area (Å²) < 4.78 is 0. The van der Waals surface area contributed by atoms with E-state index in [0.717, 1.165) is 17.1 Å². The quantitative estimate of drug-likeness (QED) is 0.0878. The van der Waals surface area contributed by atoms with Crippen LogP contribution in [0.4, 0.5) is 17.1 Å². The Morgan fingerprint density at radius 3 is 1.25 bits per heavy atom. The lowest BCUT2D eigenvalue weighted by Gasteiger charge is -2.35. The van der Waals surface area contributed by atoms with E-state index in [1.165, 1.54) is 53.4 Å². The monoisotopic (exact) mass is 679 g/mol. The van der Waals surface area contributed by atoms with E-state index >= 15 is 0 Å². The van der Waals surface area contributed by atoms with Crippen molar-refractivity contribution < 1.29 is 0 Å². The fourth-order valence-corrected chi connectivity index (χ4v) is 12.7. The van der Waals surface area contributed by atoms with Crippen molar-refractivity contribution >= 4 is 67.4 Å². The van der Waals surface area contributed by atoms with E-state index in [4.69, 9.17) is 0 Å². The minimum atomic E-state index is -2.64. The third-order valence-corrected chi connectivity index (χ3v) is 15.2. The molecule has 0 bridgehead atoms. The summed E-state index contributed by atoms with van der Waals surface area (Å²) in [7, 11) is -2.64. The standard InChI is InChI=1S/C50H37NSi/c1-5-15-38(16-6-1)39-27-29-42(30-28-39)51(44-33-36-50-41(37-44)26-25-40-17-13-14-24-49(40)50)43-31-34-48(35-32-43)52(45-18-7-2-8-19-45,46-20-9-3-10-21-46)47-22-11-4-12-23-47/h1-37H. The minimum Gasteiger partial charge on any atom is -0.310 e. The molecule has 9 aromatic rings. The normalized spacial score (nSPS) is 11.5. The van der Waals surface area contributed by atoms with Gasteiger partial charge in [-0.1, -0.05) is 188 Å². The van der Waals surface area contributed by atoms with Crippen molar-refractivity contribution in [3.63, 3.8) is 0 Å². The predicted octanol–water partition coefficient (Wildman–Crippen LogP) is 10.5. The SMILES string of the molecule is c1ccc(-c2ccc(N(c3ccc([Si](c4ccccc4)(c4ccccc4)c4ccccc4)cc3)c3ccc4c(ccc5ccccc54)c3)cc2)cc1. The van der Waals surface area contributed by atoms with Crippen LogP contribution in [-0.2, 0) is 0 Å². The molecule has 0 N–H and O–H groups in total. The van der Waals surface area contributed by atoms with Crippen LogP contribution in [0.25, 0.3) is 32.7 Å². The van der Waals surface area contributed by atoms with Crippen molar-refractivity contribution in [3.05, 3.63) is 224 Å². The van der Waals surface area contributed by atoms with E-state index in [2.05, 4.69) is 229 Å². The first kappa shape index (κ1) is 31.5. The second kappa shape index (κ2) is 13.7. The summed E-state index contributed by atoms with van der Waals surface area (Å²) in [6.45, 7) is 0. The highest BCUT2D eigenvalue weighted by molar-refractivity contribution is 7.19. The van der Waals surface area contributed by atoms with Crippen LogP contribution in [0, 0.1) is 0 Å². The Hall–Kier alpha value is -6.48. The van der Waals surface area contributed by atoms with Crippen molar-refractivity contribution in [3.8, 4) is 11.1 Å². The summed E-state index contributed by atoms with van der Waals surface area (Å²) in [5.74, 6) is 0. The molecule has 2 heteroatoms. The molecule has 9 rings (SSSR count). The van der Waals surface area contributed by atoms with Gasteiger partial charge in [-0.2, -0.15) is 0 Å². The van der Waals surface area contributed by atoms with E-state index < -0.39 is 8.07 Å². The van der Waals surface area contributed by atoms with E-state index in [1.54, 1.807) is 0 Å². The molecule has 0 fully saturated rings. The Morgan fingerprint density at radius 2 is 0.673 bits per heavy atom. The van der Waals surface area contributed by atoms with Crippen LogP contribution in [-0.4, -0.2) is 8.07 Å². The van der Waals surface area contributed by atoms with Crippen LogP contribution in [0.1, 0.15) is 0 Å². The summed E-state index contributed by atoms with van der Waals surface area (Å²) >= 11 is 0. The highest BCUT2D eigenvalue weighted by Crippen LogP contribution is 2.38.